The van der Waals surface area contributed by atoms with Crippen molar-refractivity contribution < 1.29 is 9.59 Å². The Hall–Kier alpha value is -2.50. The van der Waals surface area contributed by atoms with Crippen LogP contribution in [0.25, 0.3) is 0 Å². The highest BCUT2D eigenvalue weighted by Crippen LogP contribution is 2.22. The third-order valence-corrected chi connectivity index (χ3v) is 5.96. The van der Waals surface area contributed by atoms with Crippen LogP contribution in [-0.4, -0.2) is 53.8 Å². The molecule has 29 heavy (non-hydrogen) atoms. The Bertz CT molecular complexity index is 809. The van der Waals surface area contributed by atoms with Crippen molar-refractivity contribution in [1.29, 1.82) is 0 Å². The molecule has 1 N–H and O–H groups in total. The quantitative estimate of drug-likeness (QED) is 0.554. The van der Waals surface area contributed by atoms with Gasteiger partial charge < -0.3 is 5.32 Å². The standard InChI is InChI=1S/C24H29N3O2/c28-23-21-10-4-5-11-22(21)24(29)27(23)15-7-6-14-25-20-12-16-26(17-13-20)18-19-8-2-1-3-9-19/h1-5,8-11,20,25H,6-7,12-18H2. The van der Waals surface area contributed by atoms with Gasteiger partial charge in [-0.3, -0.25) is 19.4 Å². The predicted molar refractivity (Wildman–Crippen MR) is 114 cm³/mol. The summed E-state index contributed by atoms with van der Waals surface area (Å²) in [6.45, 7) is 4.73. The van der Waals surface area contributed by atoms with E-state index in [0.717, 1.165) is 39.0 Å². The summed E-state index contributed by atoms with van der Waals surface area (Å²) in [4.78, 5) is 28.6. The molecule has 0 saturated carbocycles. The first-order valence-electron chi connectivity index (χ1n) is 10.7. The minimum absolute atomic E-state index is 0.149. The van der Waals surface area contributed by atoms with E-state index in [2.05, 4.69) is 40.5 Å². The highest BCUT2D eigenvalue weighted by Gasteiger charge is 2.34. The number of piperidine rings is 1. The lowest BCUT2D eigenvalue weighted by molar-refractivity contribution is 0.0651. The first kappa shape index (κ1) is 19.8. The van der Waals surface area contributed by atoms with Gasteiger partial charge in [0.15, 0.2) is 0 Å². The molecular formula is C24H29N3O2. The summed E-state index contributed by atoms with van der Waals surface area (Å²) in [5.41, 5.74) is 2.46. The van der Waals surface area contributed by atoms with Gasteiger partial charge in [-0.1, -0.05) is 42.5 Å². The lowest BCUT2D eigenvalue weighted by Crippen LogP contribution is -2.42. The number of nitrogens with one attached hydrogen (secondary N) is 1. The van der Waals surface area contributed by atoms with E-state index in [1.54, 1.807) is 12.1 Å². The summed E-state index contributed by atoms with van der Waals surface area (Å²) in [5, 5.41) is 3.66. The van der Waals surface area contributed by atoms with Gasteiger partial charge in [0.2, 0.25) is 0 Å². The Morgan fingerprint density at radius 1 is 0.828 bits per heavy atom. The fourth-order valence-corrected chi connectivity index (χ4v) is 4.28. The van der Waals surface area contributed by atoms with Gasteiger partial charge in [-0.05, 0) is 63.0 Å². The van der Waals surface area contributed by atoms with E-state index in [0.29, 0.717) is 23.7 Å². The van der Waals surface area contributed by atoms with E-state index in [9.17, 15) is 9.59 Å². The number of rotatable bonds is 8. The zero-order valence-electron chi connectivity index (χ0n) is 16.8. The van der Waals surface area contributed by atoms with E-state index < -0.39 is 0 Å². The number of likely N-dealkylation sites (tertiary alicyclic amines) is 1. The monoisotopic (exact) mass is 391 g/mol. The molecule has 2 aromatic rings. The molecule has 1 fully saturated rings. The molecule has 2 aromatic carbocycles. The minimum Gasteiger partial charge on any atom is -0.314 e. The number of hydrogen-bond acceptors (Lipinski definition) is 4. The average Bonchev–Trinajstić information content (AvgIpc) is 3.00. The molecule has 4 rings (SSSR count). The van der Waals surface area contributed by atoms with E-state index in [1.165, 1.54) is 23.3 Å². The summed E-state index contributed by atoms with van der Waals surface area (Å²) in [5.74, 6) is -0.298. The van der Waals surface area contributed by atoms with E-state index in [1.807, 2.05) is 12.1 Å². The summed E-state index contributed by atoms with van der Waals surface area (Å²) >= 11 is 0. The van der Waals surface area contributed by atoms with Crippen LogP contribution in [0.1, 0.15) is 52.0 Å². The Balaban J connectivity index is 1.12. The van der Waals surface area contributed by atoms with Crippen LogP contribution in [0.15, 0.2) is 54.6 Å². The number of carbonyl (C=O) groups excluding carboxylic acids is 2. The molecule has 2 amide bonds. The zero-order chi connectivity index (χ0) is 20.1. The summed E-state index contributed by atoms with van der Waals surface area (Å²) in [7, 11) is 0. The van der Waals surface area contributed by atoms with Crippen LogP contribution in [0, 0.1) is 0 Å². The molecule has 5 nitrogen and oxygen atoms in total. The zero-order valence-corrected chi connectivity index (χ0v) is 16.8. The number of unbranched alkanes of at least 4 members (excludes halogenated alkanes) is 1. The molecule has 0 unspecified atom stereocenters. The molecule has 0 aromatic heterocycles. The van der Waals surface area contributed by atoms with Crippen molar-refractivity contribution in [2.75, 3.05) is 26.2 Å². The summed E-state index contributed by atoms with van der Waals surface area (Å²) < 4.78 is 0. The van der Waals surface area contributed by atoms with Crippen LogP contribution in [0.5, 0.6) is 0 Å². The van der Waals surface area contributed by atoms with E-state index in [-0.39, 0.29) is 11.8 Å². The first-order valence-corrected chi connectivity index (χ1v) is 10.7. The number of amides is 2. The van der Waals surface area contributed by atoms with E-state index >= 15 is 0 Å². The maximum atomic E-state index is 12.4. The van der Waals surface area contributed by atoms with Gasteiger partial charge in [-0.15, -0.1) is 0 Å². The molecular weight excluding hydrogens is 362 g/mol. The minimum atomic E-state index is -0.149. The highest BCUT2D eigenvalue weighted by atomic mass is 16.2. The van der Waals surface area contributed by atoms with Gasteiger partial charge in [-0.25, -0.2) is 0 Å². The van der Waals surface area contributed by atoms with Crippen molar-refractivity contribution in [3.8, 4) is 0 Å². The van der Waals surface area contributed by atoms with Gasteiger partial charge in [0.25, 0.3) is 11.8 Å². The number of nitrogens with zero attached hydrogens (tertiary/aromatic N) is 2. The lowest BCUT2D eigenvalue weighted by atomic mass is 10.0. The molecule has 0 aliphatic carbocycles. The Morgan fingerprint density at radius 2 is 1.45 bits per heavy atom. The number of hydrogen-bond donors (Lipinski definition) is 1. The van der Waals surface area contributed by atoms with Gasteiger partial charge in [0, 0.05) is 19.1 Å². The number of imide groups is 1. The van der Waals surface area contributed by atoms with Gasteiger partial charge in [0.05, 0.1) is 11.1 Å². The van der Waals surface area contributed by atoms with Crippen molar-refractivity contribution in [2.45, 2.75) is 38.3 Å². The fourth-order valence-electron chi connectivity index (χ4n) is 4.28. The SMILES string of the molecule is O=C1c2ccccc2C(=O)N1CCCCNC1CCN(Cc2ccccc2)CC1. The molecule has 2 aliphatic rings. The lowest BCUT2D eigenvalue weighted by Gasteiger charge is -2.32. The second kappa shape index (κ2) is 9.33. The fraction of sp³-hybridized carbons (Fsp3) is 0.417. The topological polar surface area (TPSA) is 52.7 Å². The van der Waals surface area contributed by atoms with Crippen LogP contribution in [0.4, 0.5) is 0 Å². The molecule has 1 saturated heterocycles. The second-order valence-corrected chi connectivity index (χ2v) is 8.00. The number of benzene rings is 2. The second-order valence-electron chi connectivity index (χ2n) is 8.00. The Kier molecular flexibility index (Phi) is 6.37. The first-order chi connectivity index (χ1) is 14.2. The maximum absolute atomic E-state index is 12.4. The third kappa shape index (κ3) is 4.74. The number of carbonyl (C=O) groups is 2. The molecule has 152 valence electrons. The molecule has 0 radical (unpaired) electrons. The third-order valence-electron chi connectivity index (χ3n) is 5.96. The van der Waals surface area contributed by atoms with Gasteiger partial charge in [-0.2, -0.15) is 0 Å². The Morgan fingerprint density at radius 3 is 2.10 bits per heavy atom. The van der Waals surface area contributed by atoms with E-state index in [4.69, 9.17) is 0 Å². The maximum Gasteiger partial charge on any atom is 0.261 e. The number of fused-ring (bicyclic) bond motifs is 1. The molecule has 2 heterocycles. The van der Waals surface area contributed by atoms with Crippen LogP contribution >= 0.6 is 0 Å². The molecule has 0 spiro atoms. The predicted octanol–water partition coefficient (Wildman–Crippen LogP) is 3.32. The van der Waals surface area contributed by atoms with Crippen LogP contribution in [0.2, 0.25) is 0 Å². The highest BCUT2D eigenvalue weighted by molar-refractivity contribution is 6.21. The molecule has 2 aliphatic heterocycles. The van der Waals surface area contributed by atoms with Crippen LogP contribution in [0.3, 0.4) is 0 Å². The molecule has 5 heteroatoms. The molecule has 0 atom stereocenters. The summed E-state index contributed by atoms with van der Waals surface area (Å²) in [6.07, 6.45) is 4.15. The van der Waals surface area contributed by atoms with Crippen molar-refractivity contribution in [1.82, 2.24) is 15.1 Å². The summed E-state index contributed by atoms with van der Waals surface area (Å²) in [6, 6.07) is 18.3. The Labute approximate surface area is 172 Å². The van der Waals surface area contributed by atoms with Crippen molar-refractivity contribution in [3.05, 3.63) is 71.3 Å². The van der Waals surface area contributed by atoms with Crippen molar-refractivity contribution in [2.24, 2.45) is 0 Å². The smallest absolute Gasteiger partial charge is 0.261 e. The normalized spacial score (nSPS) is 17.7. The van der Waals surface area contributed by atoms with Crippen LogP contribution in [-0.2, 0) is 6.54 Å². The van der Waals surface area contributed by atoms with Crippen molar-refractivity contribution in [3.63, 3.8) is 0 Å². The average molecular weight is 392 g/mol. The van der Waals surface area contributed by atoms with Gasteiger partial charge in [0.1, 0.15) is 0 Å². The van der Waals surface area contributed by atoms with Gasteiger partial charge >= 0.3 is 0 Å². The van der Waals surface area contributed by atoms with Crippen molar-refractivity contribution >= 4 is 11.8 Å². The largest absolute Gasteiger partial charge is 0.314 e. The van der Waals surface area contributed by atoms with Crippen LogP contribution < -0.4 is 5.32 Å². The molecule has 0 bridgehead atoms.